The number of rotatable bonds is 4. The van der Waals surface area contributed by atoms with E-state index in [0.29, 0.717) is 17.1 Å². The Hall–Kier alpha value is -3.28. The first-order valence-electron chi connectivity index (χ1n) is 6.83. The Morgan fingerprint density at radius 3 is 2.30 bits per heavy atom. The zero-order valence-corrected chi connectivity index (χ0v) is 12.0. The third-order valence-electron chi connectivity index (χ3n) is 3.20. The highest BCUT2D eigenvalue weighted by Crippen LogP contribution is 2.23. The van der Waals surface area contributed by atoms with E-state index in [-0.39, 0.29) is 18.5 Å². The van der Waals surface area contributed by atoms with Crippen molar-refractivity contribution in [3.63, 3.8) is 0 Å². The Kier molecular flexibility index (Phi) is 3.97. The van der Waals surface area contributed by atoms with Crippen molar-refractivity contribution in [2.75, 3.05) is 5.73 Å². The van der Waals surface area contributed by atoms with Crippen LogP contribution in [0.3, 0.4) is 0 Å². The molecule has 3 N–H and O–H groups in total. The number of anilines is 1. The maximum Gasteiger partial charge on any atom is 0.227 e. The first-order chi connectivity index (χ1) is 11.1. The molecular formula is C17H15FN4O. The summed E-state index contributed by atoms with van der Waals surface area (Å²) in [4.78, 5) is 7.16. The average molecular weight is 310 g/mol. The van der Waals surface area contributed by atoms with Gasteiger partial charge >= 0.3 is 0 Å². The second-order valence-corrected chi connectivity index (χ2v) is 4.74. The molecule has 0 aliphatic carbocycles. The van der Waals surface area contributed by atoms with Gasteiger partial charge < -0.3 is 10.5 Å². The second-order valence-electron chi connectivity index (χ2n) is 4.74. The molecule has 116 valence electrons. The van der Waals surface area contributed by atoms with Crippen molar-refractivity contribution in [3.8, 4) is 11.5 Å². The first kappa shape index (κ1) is 14.6. The molecule has 0 bridgehead atoms. The van der Waals surface area contributed by atoms with Crippen LogP contribution in [0, 0.1) is 11.4 Å². The smallest absolute Gasteiger partial charge is 0.227 e. The van der Waals surface area contributed by atoms with Crippen molar-refractivity contribution in [2.24, 2.45) is 0 Å². The van der Waals surface area contributed by atoms with Crippen LogP contribution in [0.4, 0.5) is 10.2 Å². The minimum atomic E-state index is -0.813. The Morgan fingerprint density at radius 1 is 1.00 bits per heavy atom. The highest BCUT2D eigenvalue weighted by Gasteiger charge is 2.16. The van der Waals surface area contributed by atoms with Gasteiger partial charge in [0.05, 0.1) is 11.3 Å². The lowest BCUT2D eigenvalue weighted by molar-refractivity contribution is 0.482. The van der Waals surface area contributed by atoms with Gasteiger partial charge in [-0.25, -0.2) is 9.97 Å². The first-order valence-corrected chi connectivity index (χ1v) is 6.83. The van der Waals surface area contributed by atoms with E-state index in [9.17, 15) is 4.39 Å². The van der Waals surface area contributed by atoms with Crippen molar-refractivity contribution in [1.82, 2.24) is 9.97 Å². The number of hydrogen-bond acceptors (Lipinski definition) is 5. The number of para-hydroxylation sites is 1. The summed E-state index contributed by atoms with van der Waals surface area (Å²) in [6.45, 7) is 0. The zero-order valence-electron chi connectivity index (χ0n) is 12.0. The lowest BCUT2D eigenvalue weighted by atomic mass is 10.0. The minimum absolute atomic E-state index is 0. The summed E-state index contributed by atoms with van der Waals surface area (Å²) < 4.78 is 19.4. The van der Waals surface area contributed by atoms with Gasteiger partial charge in [0, 0.05) is 6.99 Å². The van der Waals surface area contributed by atoms with Gasteiger partial charge in [0.2, 0.25) is 5.95 Å². The molecule has 1 aromatic heterocycles. The van der Waals surface area contributed by atoms with Crippen LogP contribution in [0.2, 0.25) is 0 Å². The number of nitrogens with one attached hydrogen (secondary N) is 1. The van der Waals surface area contributed by atoms with E-state index < -0.39 is 5.95 Å². The summed E-state index contributed by atoms with van der Waals surface area (Å²) in [5.41, 5.74) is 5.94. The van der Waals surface area contributed by atoms with E-state index in [1.54, 1.807) is 24.3 Å². The quantitative estimate of drug-likeness (QED) is 0.569. The normalized spacial score (nSPS) is 10.3. The van der Waals surface area contributed by atoms with Crippen LogP contribution in [-0.4, -0.2) is 15.7 Å². The van der Waals surface area contributed by atoms with E-state index >= 15 is 0 Å². The monoisotopic (exact) mass is 310 g/mol. The fraction of sp³-hybridized carbons (Fsp3) is 0. The van der Waals surface area contributed by atoms with E-state index in [2.05, 4.69) is 9.97 Å². The predicted molar refractivity (Wildman–Crippen MR) is 87.4 cm³/mol. The molecule has 3 aromatic rings. The van der Waals surface area contributed by atoms with Gasteiger partial charge in [-0.2, -0.15) is 4.39 Å². The third-order valence-corrected chi connectivity index (χ3v) is 3.20. The van der Waals surface area contributed by atoms with Crippen molar-refractivity contribution < 1.29 is 10.6 Å². The number of halogens is 1. The molecule has 3 rings (SSSR count). The van der Waals surface area contributed by atoms with Gasteiger partial charge in [-0.05, 0) is 36.4 Å². The molecule has 6 heteroatoms. The molecule has 0 unspecified atom stereocenters. The molecule has 0 aliphatic rings. The summed E-state index contributed by atoms with van der Waals surface area (Å²) >= 11 is 0. The summed E-state index contributed by atoms with van der Waals surface area (Å²) in [5, 5.41) is 8.10. The number of nitrogen functional groups attached to an aromatic ring is 1. The van der Waals surface area contributed by atoms with Crippen molar-refractivity contribution in [2.45, 2.75) is 0 Å². The molecular weight excluding hydrogens is 295 g/mol. The number of hydrogen-bond donors (Lipinski definition) is 2. The Balaban J connectivity index is 0.00000208. The molecule has 2 aromatic carbocycles. The molecule has 0 amide bonds. The molecule has 0 spiro atoms. The van der Waals surface area contributed by atoms with Gasteiger partial charge in [-0.1, -0.05) is 18.2 Å². The third kappa shape index (κ3) is 3.16. The maximum absolute atomic E-state index is 13.8. The van der Waals surface area contributed by atoms with Gasteiger partial charge in [0.25, 0.3) is 0 Å². The Morgan fingerprint density at radius 2 is 1.65 bits per heavy atom. The lowest BCUT2D eigenvalue weighted by Crippen LogP contribution is -2.11. The van der Waals surface area contributed by atoms with Crippen LogP contribution in [-0.2, 0) is 0 Å². The summed E-state index contributed by atoms with van der Waals surface area (Å²) in [6, 6.07) is 16.1. The van der Waals surface area contributed by atoms with Gasteiger partial charge in [-0.15, -0.1) is 0 Å². The zero-order chi connectivity index (χ0) is 16.2. The largest absolute Gasteiger partial charge is 0.457 e. The van der Waals surface area contributed by atoms with Crippen LogP contribution < -0.4 is 10.5 Å². The topological polar surface area (TPSA) is 84.9 Å². The lowest BCUT2D eigenvalue weighted by Gasteiger charge is -2.09. The molecule has 0 saturated carbocycles. The molecule has 1 heterocycles. The van der Waals surface area contributed by atoms with E-state index in [4.69, 9.17) is 15.9 Å². The summed E-state index contributed by atoms with van der Waals surface area (Å²) in [5.74, 6) is 0.451. The molecule has 0 atom stereocenters. The molecule has 0 saturated heterocycles. The van der Waals surface area contributed by atoms with Crippen molar-refractivity contribution in [1.29, 1.82) is 5.41 Å². The van der Waals surface area contributed by atoms with Crippen LogP contribution in [0.1, 0.15) is 12.6 Å². The number of ether oxygens (including phenoxy) is 1. The van der Waals surface area contributed by atoms with Crippen LogP contribution in [0.25, 0.3) is 0 Å². The van der Waals surface area contributed by atoms with E-state index in [1.165, 1.54) is 0 Å². The SMILES string of the molecule is N=C(c1ccc(Oc2ccccc2)cc1)c1c(N)ncnc1F.[HH]. The second kappa shape index (κ2) is 6.23. The number of benzene rings is 2. The molecule has 23 heavy (non-hydrogen) atoms. The Labute approximate surface area is 133 Å². The number of nitrogens with zero attached hydrogens (tertiary/aromatic N) is 2. The predicted octanol–water partition coefficient (Wildman–Crippen LogP) is 3.65. The highest BCUT2D eigenvalue weighted by atomic mass is 19.1. The van der Waals surface area contributed by atoms with Gasteiger partial charge in [0.1, 0.15) is 23.6 Å². The molecule has 0 aliphatic heterocycles. The standard InChI is InChI=1S/C17H13FN4O.H2/c18-16-14(17(20)22-10-21-16)15(19)11-6-8-13(9-7-11)23-12-4-2-1-3-5-12;/h1-10,19H,(H2,20,21,22);1H. The average Bonchev–Trinajstić information content (AvgIpc) is 2.56. The summed E-state index contributed by atoms with van der Waals surface area (Å²) in [6.07, 6.45) is 1.03. The Bertz CT molecular complexity index is 821. The molecule has 5 nitrogen and oxygen atoms in total. The van der Waals surface area contributed by atoms with E-state index in [0.717, 1.165) is 6.33 Å². The van der Waals surface area contributed by atoms with Crippen molar-refractivity contribution in [3.05, 3.63) is 78.0 Å². The van der Waals surface area contributed by atoms with Gasteiger partial charge in [-0.3, -0.25) is 5.41 Å². The summed E-state index contributed by atoms with van der Waals surface area (Å²) in [7, 11) is 0. The van der Waals surface area contributed by atoms with Crippen LogP contribution in [0.15, 0.2) is 60.9 Å². The maximum atomic E-state index is 13.8. The van der Waals surface area contributed by atoms with Gasteiger partial charge in [0.15, 0.2) is 0 Å². The van der Waals surface area contributed by atoms with E-state index in [1.807, 2.05) is 30.3 Å². The minimum Gasteiger partial charge on any atom is -0.457 e. The fourth-order valence-electron chi connectivity index (χ4n) is 2.07. The van der Waals surface area contributed by atoms with Crippen LogP contribution in [0.5, 0.6) is 11.5 Å². The van der Waals surface area contributed by atoms with Crippen LogP contribution >= 0.6 is 0 Å². The number of nitrogens with two attached hydrogens (primary N) is 1. The molecule has 0 radical (unpaired) electrons. The highest BCUT2D eigenvalue weighted by molar-refractivity contribution is 6.13. The number of aromatic nitrogens is 2. The fourth-order valence-corrected chi connectivity index (χ4v) is 2.07. The van der Waals surface area contributed by atoms with Crippen molar-refractivity contribution >= 4 is 11.5 Å². The molecule has 0 fully saturated rings.